The van der Waals surface area contributed by atoms with Crippen LogP contribution in [-0.2, 0) is 4.79 Å². The molecule has 0 spiro atoms. The van der Waals surface area contributed by atoms with E-state index >= 15 is 0 Å². The number of nitrogens with zero attached hydrogens (tertiary/aromatic N) is 2. The number of carbonyl (C=O) groups excluding carboxylic acids is 1. The predicted octanol–water partition coefficient (Wildman–Crippen LogP) is 2.09. The first-order valence-electron chi connectivity index (χ1n) is 6.89. The van der Waals surface area contributed by atoms with Gasteiger partial charge in [-0.3, -0.25) is 4.79 Å². The first-order valence-corrected chi connectivity index (χ1v) is 7.33. The maximum Gasteiger partial charge on any atom is 0.240 e. The first-order chi connectivity index (χ1) is 8.22. The lowest BCUT2D eigenvalue weighted by Gasteiger charge is -2.37. The zero-order chi connectivity index (χ0) is 12.3. The first kappa shape index (κ1) is 13.2. The molecule has 1 atom stereocenters. The molecule has 2 saturated heterocycles. The number of likely N-dealkylation sites (tertiary alicyclic amines) is 2. The summed E-state index contributed by atoms with van der Waals surface area (Å²) in [6.07, 6.45) is 5.67. The Labute approximate surface area is 109 Å². The molecule has 1 amide bonds. The third-order valence-electron chi connectivity index (χ3n) is 4.06. The molecule has 17 heavy (non-hydrogen) atoms. The van der Waals surface area contributed by atoms with Crippen molar-refractivity contribution in [2.24, 2.45) is 0 Å². The number of hydrogen-bond donors (Lipinski definition) is 0. The summed E-state index contributed by atoms with van der Waals surface area (Å²) in [5.41, 5.74) is 0. The largest absolute Gasteiger partial charge is 0.341 e. The van der Waals surface area contributed by atoms with Crippen molar-refractivity contribution in [3.63, 3.8) is 0 Å². The summed E-state index contributed by atoms with van der Waals surface area (Å²) in [5.74, 6) is 0.133. The summed E-state index contributed by atoms with van der Waals surface area (Å²) in [5, 5.41) is -0.321. The van der Waals surface area contributed by atoms with E-state index in [1.165, 1.54) is 25.9 Å². The molecule has 0 radical (unpaired) electrons. The highest BCUT2D eigenvalue weighted by Gasteiger charge is 2.29. The number of piperidine rings is 1. The Morgan fingerprint density at radius 2 is 1.82 bits per heavy atom. The van der Waals surface area contributed by atoms with Crippen LogP contribution in [0.3, 0.4) is 0 Å². The molecule has 2 rings (SSSR count). The van der Waals surface area contributed by atoms with Crippen molar-refractivity contribution in [3.8, 4) is 0 Å². The second kappa shape index (κ2) is 6.05. The number of halogens is 1. The van der Waals surface area contributed by atoms with Gasteiger partial charge in [0.25, 0.3) is 0 Å². The summed E-state index contributed by atoms with van der Waals surface area (Å²) >= 11 is 6.01. The van der Waals surface area contributed by atoms with Crippen LogP contribution in [0.4, 0.5) is 0 Å². The van der Waals surface area contributed by atoms with Crippen molar-refractivity contribution in [1.29, 1.82) is 0 Å². The topological polar surface area (TPSA) is 23.6 Å². The fourth-order valence-corrected chi connectivity index (χ4v) is 3.07. The Morgan fingerprint density at radius 3 is 2.35 bits per heavy atom. The van der Waals surface area contributed by atoms with Gasteiger partial charge in [0.2, 0.25) is 5.91 Å². The van der Waals surface area contributed by atoms with Crippen molar-refractivity contribution in [2.45, 2.75) is 50.4 Å². The van der Waals surface area contributed by atoms with E-state index in [9.17, 15) is 4.79 Å². The molecule has 2 aliphatic heterocycles. The van der Waals surface area contributed by atoms with E-state index < -0.39 is 0 Å². The molecule has 4 heteroatoms. The molecule has 0 saturated carbocycles. The second-order valence-corrected chi connectivity index (χ2v) is 5.70. The summed E-state index contributed by atoms with van der Waals surface area (Å²) in [6, 6.07) is 0.706. The fourth-order valence-electron chi connectivity index (χ4n) is 2.93. The van der Waals surface area contributed by atoms with E-state index in [0.29, 0.717) is 6.04 Å². The van der Waals surface area contributed by atoms with Gasteiger partial charge in [-0.15, -0.1) is 11.6 Å². The summed E-state index contributed by atoms with van der Waals surface area (Å²) in [4.78, 5) is 16.5. The van der Waals surface area contributed by atoms with Crippen LogP contribution >= 0.6 is 11.6 Å². The lowest BCUT2D eigenvalue weighted by molar-refractivity contribution is -0.132. The van der Waals surface area contributed by atoms with Crippen LogP contribution < -0.4 is 0 Å². The van der Waals surface area contributed by atoms with Gasteiger partial charge in [0, 0.05) is 19.1 Å². The van der Waals surface area contributed by atoms with E-state index in [1.807, 2.05) is 11.8 Å². The molecule has 2 heterocycles. The predicted molar refractivity (Wildman–Crippen MR) is 70.3 cm³/mol. The molecule has 98 valence electrons. The SMILES string of the molecule is CC[C@@H](Cl)C(=O)N1CCC(N2CCCC2)CC1. The molecule has 0 aromatic heterocycles. The minimum atomic E-state index is -0.321. The van der Waals surface area contributed by atoms with Crippen molar-refractivity contribution in [2.75, 3.05) is 26.2 Å². The second-order valence-electron chi connectivity index (χ2n) is 5.18. The lowest BCUT2D eigenvalue weighted by atomic mass is 10.0. The molecule has 0 aromatic carbocycles. The molecule has 3 nitrogen and oxygen atoms in total. The van der Waals surface area contributed by atoms with Crippen molar-refractivity contribution < 1.29 is 4.79 Å². The average molecular weight is 259 g/mol. The van der Waals surface area contributed by atoms with Gasteiger partial charge in [0.05, 0.1) is 0 Å². The van der Waals surface area contributed by atoms with E-state index in [0.717, 1.165) is 32.4 Å². The van der Waals surface area contributed by atoms with Gasteiger partial charge in [-0.1, -0.05) is 6.92 Å². The number of hydrogen-bond acceptors (Lipinski definition) is 2. The van der Waals surface area contributed by atoms with Gasteiger partial charge in [0.1, 0.15) is 5.38 Å². The molecule has 2 fully saturated rings. The quantitative estimate of drug-likeness (QED) is 0.724. The third kappa shape index (κ3) is 3.14. The Kier molecular flexibility index (Phi) is 4.69. The summed E-state index contributed by atoms with van der Waals surface area (Å²) in [6.45, 7) is 6.26. The Balaban J connectivity index is 1.79. The smallest absolute Gasteiger partial charge is 0.240 e. The Bertz CT molecular complexity index is 258. The lowest BCUT2D eigenvalue weighted by Crippen LogP contribution is -2.47. The third-order valence-corrected chi connectivity index (χ3v) is 4.55. The standard InChI is InChI=1S/C13H23ClN2O/c1-2-12(14)13(17)16-9-5-11(6-10-16)15-7-3-4-8-15/h11-12H,2-10H2,1H3/t12-/m1/s1. The minimum absolute atomic E-state index is 0.133. The van der Waals surface area contributed by atoms with Crippen LogP contribution in [0.1, 0.15) is 39.0 Å². The van der Waals surface area contributed by atoms with Crippen molar-refractivity contribution in [1.82, 2.24) is 9.80 Å². The number of alkyl halides is 1. The molecule has 0 N–H and O–H groups in total. The highest BCUT2D eigenvalue weighted by atomic mass is 35.5. The Morgan fingerprint density at radius 1 is 1.24 bits per heavy atom. The van der Waals surface area contributed by atoms with Gasteiger partial charge in [0.15, 0.2) is 0 Å². The summed E-state index contributed by atoms with van der Waals surface area (Å²) < 4.78 is 0. The zero-order valence-corrected chi connectivity index (χ0v) is 11.5. The van der Waals surface area contributed by atoms with E-state index in [2.05, 4.69) is 4.90 Å². The van der Waals surface area contributed by atoms with Crippen LogP contribution in [0.15, 0.2) is 0 Å². The molecule has 2 aliphatic rings. The average Bonchev–Trinajstić information content (AvgIpc) is 2.91. The van der Waals surface area contributed by atoms with Crippen LogP contribution in [0.5, 0.6) is 0 Å². The maximum absolute atomic E-state index is 11.9. The maximum atomic E-state index is 11.9. The molecule has 0 aromatic rings. The highest BCUT2D eigenvalue weighted by Crippen LogP contribution is 2.22. The van der Waals surface area contributed by atoms with E-state index in [-0.39, 0.29) is 11.3 Å². The summed E-state index contributed by atoms with van der Waals surface area (Å²) in [7, 11) is 0. The van der Waals surface area contributed by atoms with Gasteiger partial charge in [-0.05, 0) is 45.2 Å². The normalized spacial score (nSPS) is 25.2. The van der Waals surface area contributed by atoms with Crippen LogP contribution in [0, 0.1) is 0 Å². The van der Waals surface area contributed by atoms with Gasteiger partial charge in [-0.25, -0.2) is 0 Å². The van der Waals surface area contributed by atoms with Crippen molar-refractivity contribution in [3.05, 3.63) is 0 Å². The number of amides is 1. The van der Waals surface area contributed by atoms with Crippen LogP contribution in [0.25, 0.3) is 0 Å². The molecular weight excluding hydrogens is 236 g/mol. The molecular formula is C13H23ClN2O. The highest BCUT2D eigenvalue weighted by molar-refractivity contribution is 6.30. The monoisotopic (exact) mass is 258 g/mol. The van der Waals surface area contributed by atoms with Gasteiger partial charge in [-0.2, -0.15) is 0 Å². The minimum Gasteiger partial charge on any atom is -0.341 e. The zero-order valence-electron chi connectivity index (χ0n) is 10.7. The van der Waals surface area contributed by atoms with Crippen molar-refractivity contribution >= 4 is 17.5 Å². The molecule has 0 aliphatic carbocycles. The van der Waals surface area contributed by atoms with Crippen LogP contribution in [-0.4, -0.2) is 53.3 Å². The van der Waals surface area contributed by atoms with Gasteiger partial charge >= 0.3 is 0 Å². The fraction of sp³-hybridized carbons (Fsp3) is 0.923. The Hall–Kier alpha value is -0.280. The van der Waals surface area contributed by atoms with Crippen LogP contribution in [0.2, 0.25) is 0 Å². The molecule has 0 bridgehead atoms. The van der Waals surface area contributed by atoms with E-state index in [1.54, 1.807) is 0 Å². The molecule has 0 unspecified atom stereocenters. The van der Waals surface area contributed by atoms with E-state index in [4.69, 9.17) is 11.6 Å². The number of carbonyl (C=O) groups is 1. The number of rotatable bonds is 3. The van der Waals surface area contributed by atoms with Gasteiger partial charge < -0.3 is 9.80 Å².